The van der Waals surface area contributed by atoms with Gasteiger partial charge in [-0.05, 0) is 0 Å². The topological polar surface area (TPSA) is 229 Å². The molecular weight excluding hydrogens is 351 g/mol. The number of aromatic nitrogens is 8. The number of nitrogens with one attached hydrogen (secondary N) is 8. The van der Waals surface area contributed by atoms with Gasteiger partial charge in [-0.2, -0.15) is 0 Å². The summed E-state index contributed by atoms with van der Waals surface area (Å²) in [5, 5.41) is 0. The molecule has 0 fully saturated rings. The SMILES string of the molecule is O=c1[nH]c(=O)c2[nH]c(=O)[nH]c2[nH]1.O=c1[nH]c(=O)c2[nH]c(=O)[nH]c2[nH]1.[Na]. The minimum atomic E-state index is -0.650. The average Bonchev–Trinajstić information content (AvgIpc) is 3.01. The van der Waals surface area contributed by atoms with Crippen molar-refractivity contribution < 1.29 is 0 Å². The molecule has 0 spiro atoms. The molecule has 0 bridgehead atoms. The molecule has 0 amide bonds. The summed E-state index contributed by atoms with van der Waals surface area (Å²) in [7, 11) is 0. The molecule has 4 aromatic rings. The zero-order valence-electron chi connectivity index (χ0n) is 12.4. The summed E-state index contributed by atoms with van der Waals surface area (Å²) in [4.78, 5) is 82.0. The monoisotopic (exact) mass is 359 g/mol. The van der Waals surface area contributed by atoms with Gasteiger partial charge in [0.1, 0.15) is 22.3 Å². The summed E-state index contributed by atoms with van der Waals surface area (Å²) in [6, 6.07) is 0. The summed E-state index contributed by atoms with van der Waals surface area (Å²) >= 11 is 0. The normalized spacial score (nSPS) is 10.2. The molecule has 25 heavy (non-hydrogen) atoms. The molecule has 0 aliphatic heterocycles. The second kappa shape index (κ2) is 6.80. The van der Waals surface area contributed by atoms with Crippen LogP contribution in [-0.2, 0) is 0 Å². The van der Waals surface area contributed by atoms with Crippen molar-refractivity contribution in [3.8, 4) is 0 Å². The summed E-state index contributed by atoms with van der Waals surface area (Å²) in [5.41, 5.74) is -3.30. The Bertz CT molecular complexity index is 1280. The molecule has 4 rings (SSSR count). The molecule has 1 radical (unpaired) electrons. The van der Waals surface area contributed by atoms with Crippen LogP contribution in [0.4, 0.5) is 0 Å². The van der Waals surface area contributed by atoms with Crippen LogP contribution < -0.4 is 33.9 Å². The van der Waals surface area contributed by atoms with Gasteiger partial charge in [0.05, 0.1) is 0 Å². The van der Waals surface area contributed by atoms with Crippen LogP contribution in [0.25, 0.3) is 22.3 Å². The third kappa shape index (κ3) is 3.70. The molecule has 125 valence electrons. The Morgan fingerprint density at radius 1 is 0.400 bits per heavy atom. The number of aromatic amines is 8. The molecule has 0 atom stereocenters. The van der Waals surface area contributed by atoms with E-state index in [0.29, 0.717) is 0 Å². The molecule has 0 aliphatic carbocycles. The molecule has 14 nitrogen and oxygen atoms in total. The van der Waals surface area contributed by atoms with E-state index in [2.05, 4.69) is 29.9 Å². The van der Waals surface area contributed by atoms with Crippen molar-refractivity contribution in [3.63, 3.8) is 0 Å². The van der Waals surface area contributed by atoms with Gasteiger partial charge in [0.25, 0.3) is 11.1 Å². The zero-order valence-corrected chi connectivity index (χ0v) is 14.4. The van der Waals surface area contributed by atoms with Crippen LogP contribution in [0.1, 0.15) is 0 Å². The summed E-state index contributed by atoms with van der Waals surface area (Å²) < 4.78 is 0. The maximum absolute atomic E-state index is 10.9. The molecule has 0 aliphatic rings. The van der Waals surface area contributed by atoms with E-state index in [1.54, 1.807) is 0 Å². The van der Waals surface area contributed by atoms with E-state index in [0.717, 1.165) is 0 Å². The smallest absolute Gasteiger partial charge is 0.300 e. The van der Waals surface area contributed by atoms with Gasteiger partial charge >= 0.3 is 22.8 Å². The number of H-pyrrole nitrogens is 8. The fraction of sp³-hybridized carbons (Fsp3) is 0. The fourth-order valence-corrected chi connectivity index (χ4v) is 1.92. The Morgan fingerprint density at radius 3 is 1.00 bits per heavy atom. The average molecular weight is 359 g/mol. The van der Waals surface area contributed by atoms with Crippen molar-refractivity contribution in [3.05, 3.63) is 62.6 Å². The first kappa shape index (κ1) is 18.2. The van der Waals surface area contributed by atoms with Crippen molar-refractivity contribution in [2.24, 2.45) is 0 Å². The number of imidazole rings is 2. The standard InChI is InChI=1S/2C5H4N4O3.Na/c2*10-3-1-2(7-4(11)6-1)8-5(12)9-3;/h2*(H4,6,7,8,9,10,11,12);. The number of hydrogen-bond acceptors (Lipinski definition) is 6. The van der Waals surface area contributed by atoms with E-state index < -0.39 is 33.9 Å². The summed E-state index contributed by atoms with van der Waals surface area (Å²) in [6.07, 6.45) is 0. The van der Waals surface area contributed by atoms with Gasteiger partial charge < -0.3 is 0 Å². The first-order valence-electron chi connectivity index (χ1n) is 6.22. The van der Waals surface area contributed by atoms with Gasteiger partial charge in [0, 0.05) is 29.6 Å². The van der Waals surface area contributed by atoms with Gasteiger partial charge in [0.15, 0.2) is 0 Å². The molecule has 0 unspecified atom stereocenters. The van der Waals surface area contributed by atoms with Crippen molar-refractivity contribution >= 4 is 51.9 Å². The molecule has 0 saturated carbocycles. The summed E-state index contributed by atoms with van der Waals surface area (Å²) in [6.45, 7) is 0. The molecule has 0 aromatic carbocycles. The van der Waals surface area contributed by atoms with Crippen LogP contribution >= 0.6 is 0 Å². The Hall–Kier alpha value is -3.10. The van der Waals surface area contributed by atoms with Crippen LogP contribution in [0, 0.1) is 0 Å². The van der Waals surface area contributed by atoms with E-state index in [9.17, 15) is 28.8 Å². The second-order valence-electron chi connectivity index (χ2n) is 4.47. The van der Waals surface area contributed by atoms with E-state index in [4.69, 9.17) is 0 Å². The van der Waals surface area contributed by atoms with E-state index in [1.165, 1.54) is 0 Å². The third-order valence-corrected chi connectivity index (χ3v) is 2.84. The van der Waals surface area contributed by atoms with Gasteiger partial charge in [-0.1, -0.05) is 0 Å². The van der Waals surface area contributed by atoms with E-state index >= 15 is 0 Å². The van der Waals surface area contributed by atoms with Crippen LogP contribution in [0.2, 0.25) is 0 Å². The van der Waals surface area contributed by atoms with Crippen LogP contribution in [-0.4, -0.2) is 69.4 Å². The Balaban J connectivity index is 0.000000173. The van der Waals surface area contributed by atoms with Crippen LogP contribution in [0.3, 0.4) is 0 Å². The largest absolute Gasteiger partial charge is 0.327 e. The first-order valence-corrected chi connectivity index (χ1v) is 6.22. The molecule has 4 heterocycles. The van der Waals surface area contributed by atoms with Crippen LogP contribution in [0.5, 0.6) is 0 Å². The Labute approximate surface area is 154 Å². The Morgan fingerprint density at radius 2 is 0.680 bits per heavy atom. The van der Waals surface area contributed by atoms with Gasteiger partial charge in [-0.3, -0.25) is 49.5 Å². The van der Waals surface area contributed by atoms with E-state index in [1.807, 2.05) is 9.97 Å². The quantitative estimate of drug-likeness (QED) is 0.146. The number of fused-ring (bicyclic) bond motifs is 2. The summed E-state index contributed by atoms with van der Waals surface area (Å²) in [5.74, 6) is 0. The van der Waals surface area contributed by atoms with E-state index in [-0.39, 0.29) is 51.9 Å². The van der Waals surface area contributed by atoms with Gasteiger partial charge in [0.2, 0.25) is 0 Å². The third-order valence-electron chi connectivity index (χ3n) is 2.84. The molecule has 0 saturated heterocycles. The fourth-order valence-electron chi connectivity index (χ4n) is 1.92. The zero-order chi connectivity index (χ0) is 17.4. The maximum Gasteiger partial charge on any atom is 0.327 e. The van der Waals surface area contributed by atoms with Crippen molar-refractivity contribution in [1.82, 2.24) is 39.9 Å². The molecular formula is C10H8N8NaO6. The van der Waals surface area contributed by atoms with Gasteiger partial charge in [-0.15, -0.1) is 0 Å². The van der Waals surface area contributed by atoms with Crippen molar-refractivity contribution in [1.29, 1.82) is 0 Å². The van der Waals surface area contributed by atoms with Crippen LogP contribution in [0.15, 0.2) is 28.8 Å². The van der Waals surface area contributed by atoms with Gasteiger partial charge in [-0.25, -0.2) is 19.2 Å². The molecule has 8 N–H and O–H groups in total. The maximum atomic E-state index is 10.9. The predicted molar refractivity (Wildman–Crippen MR) is 86.1 cm³/mol. The Kier molecular flexibility index (Phi) is 4.96. The molecule has 15 heteroatoms. The predicted octanol–water partition coefficient (Wildman–Crippen LogP) is -3.92. The first-order chi connectivity index (χ1) is 11.3. The molecule has 4 aromatic heterocycles. The van der Waals surface area contributed by atoms with Crippen molar-refractivity contribution in [2.45, 2.75) is 0 Å². The second-order valence-corrected chi connectivity index (χ2v) is 4.47. The van der Waals surface area contributed by atoms with Crippen molar-refractivity contribution in [2.75, 3.05) is 0 Å². The number of rotatable bonds is 0. The minimum absolute atomic E-state index is 0. The minimum Gasteiger partial charge on any atom is -0.300 e. The number of hydrogen-bond donors (Lipinski definition) is 8.